The van der Waals surface area contributed by atoms with Crippen LogP contribution in [-0.4, -0.2) is 10.9 Å². The van der Waals surface area contributed by atoms with Crippen molar-refractivity contribution in [3.8, 4) is 0 Å². The number of nitrogen functional groups attached to an aromatic ring is 1. The van der Waals surface area contributed by atoms with Gasteiger partial charge < -0.3 is 11.1 Å². The highest BCUT2D eigenvalue weighted by Crippen LogP contribution is 2.14. The fourth-order valence-electron chi connectivity index (χ4n) is 1.79. The fraction of sp³-hybridized carbons (Fsp3) is 0.286. The maximum absolute atomic E-state index is 12.0. The molecule has 0 fully saturated rings. The fourth-order valence-corrected chi connectivity index (χ4v) is 2.60. The summed E-state index contributed by atoms with van der Waals surface area (Å²) in [5.74, 6) is -0.122. The van der Waals surface area contributed by atoms with Crippen LogP contribution in [-0.2, 0) is 13.0 Å². The van der Waals surface area contributed by atoms with Crippen molar-refractivity contribution in [2.45, 2.75) is 26.8 Å². The highest BCUT2D eigenvalue weighted by Gasteiger charge is 2.08. The Hall–Kier alpha value is -1.88. The quantitative estimate of drug-likeness (QED) is 0.842. The predicted molar refractivity (Wildman–Crippen MR) is 78.3 cm³/mol. The number of nitrogens with one attached hydrogen (secondary N) is 1. The third-order valence-electron chi connectivity index (χ3n) is 2.71. The lowest BCUT2D eigenvalue weighted by atomic mass is 10.1. The van der Waals surface area contributed by atoms with Crippen LogP contribution < -0.4 is 11.1 Å². The Morgan fingerprint density at radius 1 is 1.42 bits per heavy atom. The predicted octanol–water partition coefficient (Wildman–Crippen LogP) is 2.53. The Balaban J connectivity index is 2.00. The number of hydrogen-bond acceptors (Lipinski definition) is 4. The summed E-state index contributed by atoms with van der Waals surface area (Å²) in [5, 5.41) is 3.78. The van der Waals surface area contributed by atoms with Gasteiger partial charge in [0, 0.05) is 22.3 Å². The Morgan fingerprint density at radius 3 is 2.84 bits per heavy atom. The Labute approximate surface area is 116 Å². The van der Waals surface area contributed by atoms with Crippen molar-refractivity contribution in [2.24, 2.45) is 0 Å². The number of anilines is 1. The Kier molecular flexibility index (Phi) is 4.16. The third kappa shape index (κ3) is 3.54. The monoisotopic (exact) mass is 275 g/mol. The molecule has 1 aromatic heterocycles. The van der Waals surface area contributed by atoms with Crippen LogP contribution in [0.3, 0.4) is 0 Å². The molecule has 2 rings (SSSR count). The molecule has 1 heterocycles. The zero-order valence-electron chi connectivity index (χ0n) is 11.1. The van der Waals surface area contributed by atoms with E-state index in [4.69, 9.17) is 5.73 Å². The molecule has 0 atom stereocenters. The first-order valence-corrected chi connectivity index (χ1v) is 6.99. The molecule has 4 nitrogen and oxygen atoms in total. The number of aromatic nitrogens is 1. The van der Waals surface area contributed by atoms with Gasteiger partial charge >= 0.3 is 0 Å². The molecule has 0 aliphatic rings. The Bertz CT molecular complexity index is 572. The molecule has 2 aromatic rings. The molecule has 0 saturated heterocycles. The molecule has 100 valence electrons. The molecule has 0 spiro atoms. The summed E-state index contributed by atoms with van der Waals surface area (Å²) in [6.45, 7) is 4.46. The van der Waals surface area contributed by atoms with Crippen LogP contribution in [0.25, 0.3) is 0 Å². The molecular weight excluding hydrogens is 258 g/mol. The number of rotatable bonds is 4. The van der Waals surface area contributed by atoms with Gasteiger partial charge in [0.2, 0.25) is 0 Å². The zero-order chi connectivity index (χ0) is 13.8. The molecule has 19 heavy (non-hydrogen) atoms. The van der Waals surface area contributed by atoms with Gasteiger partial charge in [-0.05, 0) is 37.1 Å². The molecule has 3 N–H and O–H groups in total. The summed E-state index contributed by atoms with van der Waals surface area (Å²) in [4.78, 5) is 17.5. The van der Waals surface area contributed by atoms with Crippen molar-refractivity contribution < 1.29 is 4.79 Å². The molecule has 0 radical (unpaired) electrons. The van der Waals surface area contributed by atoms with E-state index in [0.29, 0.717) is 17.8 Å². The maximum atomic E-state index is 12.0. The smallest absolute Gasteiger partial charge is 0.251 e. The summed E-state index contributed by atoms with van der Waals surface area (Å²) in [6.07, 6.45) is 2.83. The van der Waals surface area contributed by atoms with Crippen LogP contribution in [0.2, 0.25) is 0 Å². The van der Waals surface area contributed by atoms with Crippen LogP contribution >= 0.6 is 11.3 Å². The van der Waals surface area contributed by atoms with Crippen molar-refractivity contribution in [3.05, 3.63) is 45.4 Å². The first-order valence-electron chi connectivity index (χ1n) is 6.17. The number of benzene rings is 1. The maximum Gasteiger partial charge on any atom is 0.251 e. The lowest BCUT2D eigenvalue weighted by Gasteiger charge is -2.05. The van der Waals surface area contributed by atoms with Gasteiger partial charge in [-0.25, -0.2) is 4.98 Å². The van der Waals surface area contributed by atoms with Gasteiger partial charge in [0.1, 0.15) is 5.01 Å². The normalized spacial score (nSPS) is 10.4. The van der Waals surface area contributed by atoms with Crippen LogP contribution in [0.15, 0.2) is 24.4 Å². The Morgan fingerprint density at radius 2 is 2.21 bits per heavy atom. The van der Waals surface area contributed by atoms with E-state index in [1.54, 1.807) is 17.4 Å². The second-order valence-corrected chi connectivity index (χ2v) is 5.59. The molecule has 0 unspecified atom stereocenters. The molecule has 0 aliphatic heterocycles. The van der Waals surface area contributed by atoms with Crippen molar-refractivity contribution >= 4 is 22.9 Å². The lowest BCUT2D eigenvalue weighted by Crippen LogP contribution is -2.22. The summed E-state index contributed by atoms with van der Waals surface area (Å²) < 4.78 is 0. The minimum Gasteiger partial charge on any atom is -0.399 e. The van der Waals surface area contributed by atoms with Crippen molar-refractivity contribution in [1.82, 2.24) is 10.3 Å². The van der Waals surface area contributed by atoms with Crippen LogP contribution in [0.5, 0.6) is 0 Å². The van der Waals surface area contributed by atoms with E-state index in [9.17, 15) is 4.79 Å². The first kappa shape index (κ1) is 13.5. The number of aryl methyl sites for hydroxylation is 2. The average molecular weight is 275 g/mol. The van der Waals surface area contributed by atoms with Crippen LogP contribution in [0.4, 0.5) is 5.69 Å². The molecular formula is C14H17N3OS. The summed E-state index contributed by atoms with van der Waals surface area (Å²) in [7, 11) is 0. The summed E-state index contributed by atoms with van der Waals surface area (Å²) >= 11 is 1.63. The molecule has 0 saturated carbocycles. The minimum absolute atomic E-state index is 0.122. The molecule has 0 bridgehead atoms. The molecule has 5 heteroatoms. The van der Waals surface area contributed by atoms with Gasteiger partial charge in [-0.1, -0.05) is 6.92 Å². The van der Waals surface area contributed by atoms with Gasteiger partial charge in [-0.3, -0.25) is 4.79 Å². The second kappa shape index (κ2) is 5.84. The number of thiazole rings is 1. The van der Waals surface area contributed by atoms with Crippen molar-refractivity contribution in [1.29, 1.82) is 0 Å². The number of hydrogen-bond donors (Lipinski definition) is 2. The van der Waals surface area contributed by atoms with Gasteiger partial charge in [-0.15, -0.1) is 11.3 Å². The molecule has 0 aliphatic carbocycles. The van der Waals surface area contributed by atoms with Crippen molar-refractivity contribution in [2.75, 3.05) is 5.73 Å². The van der Waals surface area contributed by atoms with E-state index < -0.39 is 0 Å². The number of nitrogens with two attached hydrogens (primary N) is 1. The van der Waals surface area contributed by atoms with Crippen LogP contribution in [0, 0.1) is 6.92 Å². The van der Waals surface area contributed by atoms with Gasteiger partial charge in [-0.2, -0.15) is 0 Å². The standard InChI is InChI=1S/C14H17N3OS/c1-3-12-7-16-13(19-12)8-17-14(18)10-4-9(2)5-11(15)6-10/h4-7H,3,8,15H2,1-2H3,(H,17,18). The second-order valence-electron chi connectivity index (χ2n) is 4.39. The summed E-state index contributed by atoms with van der Waals surface area (Å²) in [5.41, 5.74) is 7.91. The highest BCUT2D eigenvalue weighted by atomic mass is 32.1. The number of nitrogens with zero attached hydrogens (tertiary/aromatic N) is 1. The highest BCUT2D eigenvalue weighted by molar-refractivity contribution is 7.11. The van der Waals surface area contributed by atoms with Crippen LogP contribution in [0.1, 0.15) is 32.7 Å². The van der Waals surface area contributed by atoms with E-state index in [1.165, 1.54) is 4.88 Å². The first-order chi connectivity index (χ1) is 9.08. The summed E-state index contributed by atoms with van der Waals surface area (Å²) in [6, 6.07) is 5.35. The van der Waals surface area contributed by atoms with Gasteiger partial charge in [0.25, 0.3) is 5.91 Å². The molecule has 1 amide bonds. The minimum atomic E-state index is -0.122. The van der Waals surface area contributed by atoms with E-state index in [0.717, 1.165) is 17.0 Å². The number of amides is 1. The molecule has 1 aromatic carbocycles. The average Bonchev–Trinajstić information content (AvgIpc) is 2.82. The number of carbonyl (C=O) groups excluding carboxylic acids is 1. The van der Waals surface area contributed by atoms with Gasteiger partial charge in [0.15, 0.2) is 0 Å². The van der Waals surface area contributed by atoms with Gasteiger partial charge in [0.05, 0.1) is 6.54 Å². The van der Waals surface area contributed by atoms with E-state index in [2.05, 4.69) is 17.2 Å². The number of carbonyl (C=O) groups is 1. The van der Waals surface area contributed by atoms with E-state index >= 15 is 0 Å². The zero-order valence-corrected chi connectivity index (χ0v) is 11.9. The van der Waals surface area contributed by atoms with E-state index in [-0.39, 0.29) is 5.91 Å². The topological polar surface area (TPSA) is 68.0 Å². The SMILES string of the molecule is CCc1cnc(CNC(=O)c2cc(C)cc(N)c2)s1. The van der Waals surface area contributed by atoms with Crippen molar-refractivity contribution in [3.63, 3.8) is 0 Å². The third-order valence-corrected chi connectivity index (χ3v) is 3.85. The van der Waals surface area contributed by atoms with E-state index in [1.807, 2.05) is 25.3 Å². The largest absolute Gasteiger partial charge is 0.399 e. The lowest BCUT2D eigenvalue weighted by molar-refractivity contribution is 0.0951.